The van der Waals surface area contributed by atoms with Crippen molar-refractivity contribution in [1.82, 2.24) is 5.43 Å². The number of hydrogen-bond acceptors (Lipinski definition) is 3. The number of rotatable bonds is 1. The largest absolute Gasteiger partial charge is 0.294 e. The maximum Gasteiger partial charge on any atom is 0.268 e. The zero-order valence-corrected chi connectivity index (χ0v) is 12.6. The summed E-state index contributed by atoms with van der Waals surface area (Å²) in [5, 5.41) is 1.63. The molecule has 1 fully saturated rings. The predicted molar refractivity (Wildman–Crippen MR) is 84.4 cm³/mol. The van der Waals surface area contributed by atoms with Crippen molar-refractivity contribution in [1.29, 1.82) is 0 Å². The van der Waals surface area contributed by atoms with Gasteiger partial charge >= 0.3 is 0 Å². The van der Waals surface area contributed by atoms with Gasteiger partial charge in [0.2, 0.25) is 0 Å². The topological polar surface area (TPSA) is 32.3 Å². The van der Waals surface area contributed by atoms with Crippen LogP contribution in [0.15, 0.2) is 53.8 Å². The molecule has 0 aromatic heterocycles. The van der Waals surface area contributed by atoms with Gasteiger partial charge < -0.3 is 0 Å². The second kappa shape index (κ2) is 4.70. The van der Waals surface area contributed by atoms with Crippen molar-refractivity contribution in [3.05, 3.63) is 53.8 Å². The van der Waals surface area contributed by atoms with Gasteiger partial charge in [0, 0.05) is 5.75 Å². The van der Waals surface area contributed by atoms with Gasteiger partial charge in [-0.1, -0.05) is 35.9 Å². The molecule has 1 amide bonds. The summed E-state index contributed by atoms with van der Waals surface area (Å²) < 4.78 is -0.542. The summed E-state index contributed by atoms with van der Waals surface area (Å²) in [6, 6.07) is 9.67. The molecule has 4 heteroatoms. The van der Waals surface area contributed by atoms with Crippen molar-refractivity contribution >= 4 is 23.4 Å². The third kappa shape index (κ3) is 1.86. The van der Waals surface area contributed by atoms with Gasteiger partial charge in [0.25, 0.3) is 5.91 Å². The first-order valence-corrected chi connectivity index (χ1v) is 7.68. The van der Waals surface area contributed by atoms with E-state index < -0.39 is 4.75 Å². The van der Waals surface area contributed by atoms with E-state index in [1.165, 1.54) is 11.1 Å². The van der Waals surface area contributed by atoms with E-state index in [1.54, 1.807) is 16.8 Å². The van der Waals surface area contributed by atoms with E-state index in [1.807, 2.05) is 30.3 Å². The molecule has 0 bridgehead atoms. The van der Waals surface area contributed by atoms with Crippen LogP contribution in [-0.4, -0.2) is 16.4 Å². The molecule has 1 saturated heterocycles. The number of hydrogen-bond donors (Lipinski definition) is 1. The van der Waals surface area contributed by atoms with Crippen LogP contribution >= 0.6 is 11.8 Å². The Morgan fingerprint density at radius 3 is 2.60 bits per heavy atom. The second-order valence-corrected chi connectivity index (χ2v) is 6.69. The fraction of sp³-hybridized carbons (Fsp3) is 0.312. The number of allylic oxidation sites excluding steroid dienone is 1. The van der Waals surface area contributed by atoms with Crippen molar-refractivity contribution in [3.8, 4) is 0 Å². The molecule has 1 aromatic carbocycles. The summed E-state index contributed by atoms with van der Waals surface area (Å²) in [5.74, 6) is 0.978. The highest BCUT2D eigenvalue weighted by atomic mass is 32.2. The summed E-state index contributed by atoms with van der Waals surface area (Å²) in [6.45, 7) is 8.35. The normalized spacial score (nSPS) is 26.4. The van der Waals surface area contributed by atoms with Crippen molar-refractivity contribution in [3.63, 3.8) is 0 Å². The van der Waals surface area contributed by atoms with Crippen LogP contribution in [0.1, 0.15) is 20.3 Å². The molecule has 2 heterocycles. The minimum absolute atomic E-state index is 0.0885. The molecule has 2 aliphatic rings. The first-order valence-electron chi connectivity index (χ1n) is 6.69. The van der Waals surface area contributed by atoms with Crippen LogP contribution in [-0.2, 0) is 4.79 Å². The average molecular weight is 286 g/mol. The van der Waals surface area contributed by atoms with Crippen molar-refractivity contribution in [2.75, 3.05) is 10.8 Å². The van der Waals surface area contributed by atoms with E-state index in [2.05, 4.69) is 25.9 Å². The summed E-state index contributed by atoms with van der Waals surface area (Å²) in [5.41, 5.74) is 7.49. The highest BCUT2D eigenvalue weighted by Gasteiger charge is 2.52. The molecule has 2 aliphatic heterocycles. The van der Waals surface area contributed by atoms with E-state index in [9.17, 15) is 4.79 Å². The molecule has 0 radical (unpaired) electrons. The molecule has 20 heavy (non-hydrogen) atoms. The fourth-order valence-corrected chi connectivity index (χ4v) is 4.07. The standard InChI is InChI=1S/C16H18N2OS/c1-11-9-16(20-10-12(11)2)13(3)17-18(15(16)19)14-7-5-4-6-8-14/h4-8,17H,3,9-10H2,1-2H3/t16-/m0/s1. The van der Waals surface area contributed by atoms with Crippen molar-refractivity contribution in [2.24, 2.45) is 0 Å². The van der Waals surface area contributed by atoms with Gasteiger partial charge in [0.1, 0.15) is 4.75 Å². The Kier molecular flexibility index (Phi) is 3.13. The summed E-state index contributed by atoms with van der Waals surface area (Å²) in [6.07, 6.45) is 0.748. The Balaban J connectivity index is 1.96. The third-order valence-electron chi connectivity index (χ3n) is 4.07. The number of hydrazine groups is 1. The first-order chi connectivity index (χ1) is 9.54. The molecular formula is C16H18N2OS. The summed E-state index contributed by atoms with van der Waals surface area (Å²) in [4.78, 5) is 12.9. The van der Waals surface area contributed by atoms with Crippen LogP contribution in [0, 0.1) is 0 Å². The molecule has 1 spiro atoms. The van der Waals surface area contributed by atoms with Gasteiger partial charge in [-0.15, -0.1) is 11.8 Å². The lowest BCUT2D eigenvalue weighted by Gasteiger charge is -2.31. The van der Waals surface area contributed by atoms with Crippen LogP contribution in [0.5, 0.6) is 0 Å². The molecule has 1 aromatic rings. The highest BCUT2D eigenvalue weighted by molar-refractivity contribution is 8.01. The predicted octanol–water partition coefficient (Wildman–Crippen LogP) is 3.26. The first kappa shape index (κ1) is 13.3. The SMILES string of the molecule is C=C1NN(c2ccccc2)C(=O)[C@]12CC(C)=C(C)CS2. The number of anilines is 1. The van der Waals surface area contributed by atoms with E-state index >= 15 is 0 Å². The van der Waals surface area contributed by atoms with Gasteiger partial charge in [0.15, 0.2) is 0 Å². The van der Waals surface area contributed by atoms with E-state index in [-0.39, 0.29) is 5.91 Å². The molecule has 1 atom stereocenters. The smallest absolute Gasteiger partial charge is 0.268 e. The highest BCUT2D eigenvalue weighted by Crippen LogP contribution is 2.47. The number of amides is 1. The Labute approximate surface area is 123 Å². The zero-order valence-electron chi connectivity index (χ0n) is 11.8. The minimum atomic E-state index is -0.542. The molecule has 0 saturated carbocycles. The molecule has 3 nitrogen and oxygen atoms in total. The molecule has 104 valence electrons. The van der Waals surface area contributed by atoms with E-state index in [0.29, 0.717) is 0 Å². The van der Waals surface area contributed by atoms with Crippen LogP contribution in [0.3, 0.4) is 0 Å². The Bertz CT molecular complexity index is 608. The average Bonchev–Trinajstić information content (AvgIpc) is 2.69. The van der Waals surface area contributed by atoms with Crippen LogP contribution < -0.4 is 10.4 Å². The van der Waals surface area contributed by atoms with Crippen molar-refractivity contribution < 1.29 is 4.79 Å². The number of carbonyl (C=O) groups excluding carboxylic acids is 1. The molecule has 0 aliphatic carbocycles. The maximum atomic E-state index is 12.9. The molecule has 3 rings (SSSR count). The van der Waals surface area contributed by atoms with Crippen LogP contribution in [0.2, 0.25) is 0 Å². The van der Waals surface area contributed by atoms with E-state index in [4.69, 9.17) is 0 Å². The Morgan fingerprint density at radius 2 is 1.95 bits per heavy atom. The van der Waals surface area contributed by atoms with Gasteiger partial charge in [-0.3, -0.25) is 10.2 Å². The van der Waals surface area contributed by atoms with Gasteiger partial charge in [-0.05, 0) is 32.4 Å². The van der Waals surface area contributed by atoms with Crippen molar-refractivity contribution in [2.45, 2.75) is 25.0 Å². The molecule has 1 N–H and O–H groups in total. The zero-order chi connectivity index (χ0) is 14.3. The molecular weight excluding hydrogens is 268 g/mol. The Hall–Kier alpha value is -1.68. The lowest BCUT2D eigenvalue weighted by Crippen LogP contribution is -2.41. The van der Waals surface area contributed by atoms with Gasteiger partial charge in [-0.25, -0.2) is 5.01 Å². The number of nitrogens with zero attached hydrogens (tertiary/aromatic N) is 1. The monoisotopic (exact) mass is 286 g/mol. The summed E-state index contributed by atoms with van der Waals surface area (Å²) in [7, 11) is 0. The number of benzene rings is 1. The maximum absolute atomic E-state index is 12.9. The second-order valence-electron chi connectivity index (χ2n) is 5.42. The summed E-state index contributed by atoms with van der Waals surface area (Å²) >= 11 is 1.69. The fourth-order valence-electron chi connectivity index (χ4n) is 2.61. The number of carbonyl (C=O) groups is 1. The number of thioether (sulfide) groups is 1. The van der Waals surface area contributed by atoms with Gasteiger partial charge in [-0.2, -0.15) is 0 Å². The third-order valence-corrected chi connectivity index (χ3v) is 5.71. The van der Waals surface area contributed by atoms with Crippen LogP contribution in [0.4, 0.5) is 5.69 Å². The van der Waals surface area contributed by atoms with E-state index in [0.717, 1.165) is 23.6 Å². The minimum Gasteiger partial charge on any atom is -0.294 e. The number of para-hydroxylation sites is 1. The van der Waals surface area contributed by atoms with Crippen LogP contribution in [0.25, 0.3) is 0 Å². The lowest BCUT2D eigenvalue weighted by atomic mass is 9.93. The lowest BCUT2D eigenvalue weighted by molar-refractivity contribution is -0.118. The molecule has 0 unspecified atom stereocenters. The van der Waals surface area contributed by atoms with Gasteiger partial charge in [0.05, 0.1) is 11.4 Å². The quantitative estimate of drug-likeness (QED) is 0.804. The Morgan fingerprint density at radius 1 is 1.25 bits per heavy atom. The number of nitrogens with one attached hydrogen (secondary N) is 1.